The Morgan fingerprint density at radius 3 is 2.07 bits per heavy atom. The first kappa shape index (κ1) is 18.8. The number of Topliss-reactive ketones (excluding diaryl/α,β-unsaturated/α-hetero) is 2. The van der Waals surface area contributed by atoms with Crippen molar-refractivity contribution in [2.24, 2.45) is 0 Å². The van der Waals surface area contributed by atoms with Crippen LogP contribution >= 0.6 is 31.9 Å². The molecule has 0 aromatic heterocycles. The van der Waals surface area contributed by atoms with Crippen molar-refractivity contribution in [3.63, 3.8) is 0 Å². The minimum atomic E-state index is -0.221. The first-order valence-corrected chi connectivity index (χ1v) is 10.2. The van der Waals surface area contributed by atoms with Gasteiger partial charge in [0.2, 0.25) is 0 Å². The second-order valence-electron chi connectivity index (χ2n) is 6.36. The van der Waals surface area contributed by atoms with Crippen LogP contribution < -0.4 is 4.74 Å². The van der Waals surface area contributed by atoms with Crippen LogP contribution in [0.2, 0.25) is 0 Å². The maximum Gasteiger partial charge on any atom is 0.197 e. The Morgan fingerprint density at radius 1 is 0.821 bits per heavy atom. The van der Waals surface area contributed by atoms with Crippen LogP contribution in [-0.2, 0) is 6.61 Å². The zero-order chi connectivity index (χ0) is 19.7. The minimum absolute atomic E-state index is 0.202. The lowest BCUT2D eigenvalue weighted by molar-refractivity contribution is 0.0990. The van der Waals surface area contributed by atoms with E-state index in [2.05, 4.69) is 31.9 Å². The molecule has 0 fully saturated rings. The largest absolute Gasteiger partial charge is 0.489 e. The van der Waals surface area contributed by atoms with Crippen LogP contribution in [-0.4, -0.2) is 11.6 Å². The topological polar surface area (TPSA) is 43.4 Å². The van der Waals surface area contributed by atoms with Gasteiger partial charge in [0.15, 0.2) is 11.6 Å². The number of carbonyl (C=O) groups excluding carboxylic acids is 2. The minimum Gasteiger partial charge on any atom is -0.489 e. The van der Waals surface area contributed by atoms with Crippen LogP contribution in [0.15, 0.2) is 81.2 Å². The second-order valence-corrected chi connectivity index (χ2v) is 8.13. The molecule has 4 rings (SSSR count). The summed E-state index contributed by atoms with van der Waals surface area (Å²) in [6, 6.07) is 20.2. The standard InChI is InChI=1S/C23H14Br2O3/c24-16-8-7-15(21(25)12-16)13-28-17-9-5-14(6-10-17)11-20-22(26)18-3-1-2-4-19(18)23(20)27/h1-12H,13H2. The highest BCUT2D eigenvalue weighted by Gasteiger charge is 2.32. The van der Waals surface area contributed by atoms with E-state index in [1.165, 1.54) is 0 Å². The summed E-state index contributed by atoms with van der Waals surface area (Å²) in [5.74, 6) is 0.270. The van der Waals surface area contributed by atoms with Gasteiger partial charge in [-0.3, -0.25) is 9.59 Å². The van der Waals surface area contributed by atoms with E-state index in [4.69, 9.17) is 4.74 Å². The maximum absolute atomic E-state index is 12.5. The number of benzene rings is 3. The molecule has 0 saturated heterocycles. The average molecular weight is 498 g/mol. The maximum atomic E-state index is 12.5. The molecule has 0 aliphatic heterocycles. The summed E-state index contributed by atoms with van der Waals surface area (Å²) >= 11 is 6.95. The van der Waals surface area contributed by atoms with E-state index < -0.39 is 0 Å². The van der Waals surface area contributed by atoms with E-state index in [-0.39, 0.29) is 17.1 Å². The Labute approximate surface area is 179 Å². The van der Waals surface area contributed by atoms with Gasteiger partial charge < -0.3 is 4.74 Å². The van der Waals surface area contributed by atoms with Gasteiger partial charge >= 0.3 is 0 Å². The van der Waals surface area contributed by atoms with E-state index in [0.717, 1.165) is 20.1 Å². The van der Waals surface area contributed by atoms with Gasteiger partial charge in [-0.15, -0.1) is 0 Å². The normalized spacial score (nSPS) is 12.9. The van der Waals surface area contributed by atoms with Crippen molar-refractivity contribution < 1.29 is 14.3 Å². The van der Waals surface area contributed by atoms with Crippen molar-refractivity contribution in [1.29, 1.82) is 0 Å². The highest BCUT2D eigenvalue weighted by atomic mass is 79.9. The number of allylic oxidation sites excluding steroid dienone is 1. The molecule has 3 aromatic carbocycles. The first-order chi connectivity index (χ1) is 13.5. The molecule has 3 aromatic rings. The third kappa shape index (κ3) is 3.73. The highest BCUT2D eigenvalue weighted by Crippen LogP contribution is 2.28. The Hall–Kier alpha value is -2.50. The summed E-state index contributed by atoms with van der Waals surface area (Å²) in [6.45, 7) is 0.431. The Kier molecular flexibility index (Phi) is 5.29. The van der Waals surface area contributed by atoms with Crippen molar-refractivity contribution in [3.8, 4) is 5.75 Å². The summed E-state index contributed by atoms with van der Waals surface area (Å²) in [4.78, 5) is 24.9. The Balaban J connectivity index is 1.49. The summed E-state index contributed by atoms with van der Waals surface area (Å²) in [5.41, 5.74) is 2.96. The third-order valence-corrected chi connectivity index (χ3v) is 5.74. The van der Waals surface area contributed by atoms with E-state index in [9.17, 15) is 9.59 Å². The number of ketones is 2. The quantitative estimate of drug-likeness (QED) is 0.316. The fourth-order valence-corrected chi connectivity index (χ4v) is 4.19. The van der Waals surface area contributed by atoms with E-state index >= 15 is 0 Å². The molecule has 0 heterocycles. The van der Waals surface area contributed by atoms with Crippen molar-refractivity contribution in [2.75, 3.05) is 0 Å². The molecule has 28 heavy (non-hydrogen) atoms. The van der Waals surface area contributed by atoms with E-state index in [1.54, 1.807) is 30.3 Å². The molecule has 138 valence electrons. The number of ether oxygens (including phenoxy) is 1. The predicted molar refractivity (Wildman–Crippen MR) is 116 cm³/mol. The number of fused-ring (bicyclic) bond motifs is 1. The number of carbonyl (C=O) groups is 2. The highest BCUT2D eigenvalue weighted by molar-refractivity contribution is 9.11. The molecule has 0 N–H and O–H groups in total. The first-order valence-electron chi connectivity index (χ1n) is 8.60. The van der Waals surface area contributed by atoms with Gasteiger partial charge in [0.25, 0.3) is 0 Å². The lowest BCUT2D eigenvalue weighted by Gasteiger charge is -2.08. The monoisotopic (exact) mass is 496 g/mol. The molecule has 0 saturated carbocycles. The van der Waals surface area contributed by atoms with Crippen LogP contribution in [0.5, 0.6) is 5.75 Å². The fraction of sp³-hybridized carbons (Fsp3) is 0.0435. The van der Waals surface area contributed by atoms with E-state index in [1.807, 2.05) is 42.5 Å². The van der Waals surface area contributed by atoms with Gasteiger partial charge in [-0.25, -0.2) is 0 Å². The van der Waals surface area contributed by atoms with Crippen LogP contribution in [0.4, 0.5) is 0 Å². The summed E-state index contributed by atoms with van der Waals surface area (Å²) in [7, 11) is 0. The molecular weight excluding hydrogens is 484 g/mol. The Bertz CT molecular complexity index is 1080. The van der Waals surface area contributed by atoms with Crippen LogP contribution in [0.25, 0.3) is 6.08 Å². The molecule has 0 bridgehead atoms. The number of hydrogen-bond donors (Lipinski definition) is 0. The molecule has 0 unspecified atom stereocenters. The summed E-state index contributed by atoms with van der Waals surface area (Å²) in [6.07, 6.45) is 1.64. The van der Waals surface area contributed by atoms with Gasteiger partial charge in [0.05, 0.1) is 5.57 Å². The van der Waals surface area contributed by atoms with Crippen LogP contribution in [0.1, 0.15) is 31.8 Å². The second kappa shape index (κ2) is 7.86. The average Bonchev–Trinajstić information content (AvgIpc) is 2.94. The van der Waals surface area contributed by atoms with Gasteiger partial charge in [-0.05, 0) is 35.9 Å². The number of rotatable bonds is 4. The summed E-state index contributed by atoms with van der Waals surface area (Å²) < 4.78 is 7.80. The smallest absolute Gasteiger partial charge is 0.197 e. The van der Waals surface area contributed by atoms with Gasteiger partial charge in [-0.1, -0.05) is 74.3 Å². The van der Waals surface area contributed by atoms with Crippen molar-refractivity contribution in [2.45, 2.75) is 6.61 Å². The molecule has 1 aliphatic rings. The molecule has 0 amide bonds. The van der Waals surface area contributed by atoms with Crippen molar-refractivity contribution >= 4 is 49.5 Å². The molecule has 1 aliphatic carbocycles. The molecule has 3 nitrogen and oxygen atoms in total. The van der Waals surface area contributed by atoms with Gasteiger partial charge in [0.1, 0.15) is 12.4 Å². The molecular formula is C23H14Br2O3. The van der Waals surface area contributed by atoms with Gasteiger partial charge in [0, 0.05) is 25.6 Å². The number of hydrogen-bond acceptors (Lipinski definition) is 3. The van der Waals surface area contributed by atoms with Crippen LogP contribution in [0, 0.1) is 0 Å². The lowest BCUT2D eigenvalue weighted by atomic mass is 10.1. The van der Waals surface area contributed by atoms with E-state index in [0.29, 0.717) is 23.5 Å². The molecule has 0 spiro atoms. The fourth-order valence-electron chi connectivity index (χ4n) is 3.03. The van der Waals surface area contributed by atoms with Crippen molar-refractivity contribution in [3.05, 3.63) is 104 Å². The lowest BCUT2D eigenvalue weighted by Crippen LogP contribution is -2.00. The van der Waals surface area contributed by atoms with Gasteiger partial charge in [-0.2, -0.15) is 0 Å². The zero-order valence-corrected chi connectivity index (χ0v) is 17.8. The number of halogens is 2. The van der Waals surface area contributed by atoms with Crippen LogP contribution in [0.3, 0.4) is 0 Å². The Morgan fingerprint density at radius 2 is 1.46 bits per heavy atom. The molecule has 0 radical (unpaired) electrons. The third-order valence-electron chi connectivity index (χ3n) is 4.51. The summed E-state index contributed by atoms with van der Waals surface area (Å²) in [5, 5.41) is 0. The zero-order valence-electron chi connectivity index (χ0n) is 14.6. The molecule has 0 atom stereocenters. The van der Waals surface area contributed by atoms with Crippen molar-refractivity contribution in [1.82, 2.24) is 0 Å². The predicted octanol–water partition coefficient (Wildman–Crippen LogP) is 6.25. The molecule has 5 heteroatoms. The SMILES string of the molecule is O=C1C(=Cc2ccc(OCc3ccc(Br)cc3Br)cc2)C(=O)c2ccccc21.